The molecule has 0 bridgehead atoms. The van der Waals surface area contributed by atoms with E-state index >= 15 is 0 Å². The van der Waals surface area contributed by atoms with Crippen molar-refractivity contribution in [3.05, 3.63) is 24.3 Å². The van der Waals surface area contributed by atoms with E-state index in [-0.39, 0.29) is 5.91 Å². The normalized spacial score (nSPS) is 17.1. The fourth-order valence-corrected chi connectivity index (χ4v) is 2.07. The molecule has 0 aromatic heterocycles. The molecular formula is C14H21N3O2. The highest BCUT2D eigenvalue weighted by Crippen LogP contribution is 2.26. The molecule has 0 aliphatic carbocycles. The second-order valence-corrected chi connectivity index (χ2v) is 4.62. The lowest BCUT2D eigenvalue weighted by Crippen LogP contribution is -2.38. The SMILES string of the molecule is CC[C@@H](N)C(=O)Nc1ccccc1N1CCOCC1. The Morgan fingerprint density at radius 2 is 2.11 bits per heavy atom. The Morgan fingerprint density at radius 3 is 2.79 bits per heavy atom. The number of amides is 1. The molecule has 1 fully saturated rings. The minimum atomic E-state index is -0.460. The first-order valence-corrected chi connectivity index (χ1v) is 6.70. The Hall–Kier alpha value is -1.59. The lowest BCUT2D eigenvalue weighted by atomic mass is 10.2. The van der Waals surface area contributed by atoms with Crippen LogP contribution in [0, 0.1) is 0 Å². The molecular weight excluding hydrogens is 242 g/mol. The number of hydrogen-bond acceptors (Lipinski definition) is 4. The molecule has 1 atom stereocenters. The molecule has 0 saturated carbocycles. The van der Waals surface area contributed by atoms with Crippen LogP contribution in [-0.2, 0) is 9.53 Å². The van der Waals surface area contributed by atoms with Gasteiger partial charge < -0.3 is 20.7 Å². The summed E-state index contributed by atoms with van der Waals surface area (Å²) in [4.78, 5) is 14.1. The fraction of sp³-hybridized carbons (Fsp3) is 0.500. The van der Waals surface area contributed by atoms with Crippen molar-refractivity contribution >= 4 is 17.3 Å². The van der Waals surface area contributed by atoms with E-state index in [4.69, 9.17) is 10.5 Å². The second kappa shape index (κ2) is 6.54. The highest BCUT2D eigenvalue weighted by molar-refractivity contribution is 5.97. The van der Waals surface area contributed by atoms with Gasteiger partial charge in [0.2, 0.25) is 5.91 Å². The van der Waals surface area contributed by atoms with Crippen LogP contribution in [0.1, 0.15) is 13.3 Å². The van der Waals surface area contributed by atoms with Gasteiger partial charge in [-0.05, 0) is 18.6 Å². The summed E-state index contributed by atoms with van der Waals surface area (Å²) >= 11 is 0. The van der Waals surface area contributed by atoms with Crippen molar-refractivity contribution in [1.82, 2.24) is 0 Å². The number of anilines is 2. The number of hydrogen-bond donors (Lipinski definition) is 2. The third-order valence-electron chi connectivity index (χ3n) is 3.29. The summed E-state index contributed by atoms with van der Waals surface area (Å²) < 4.78 is 5.35. The van der Waals surface area contributed by atoms with Gasteiger partial charge in [0, 0.05) is 13.1 Å². The predicted molar refractivity (Wildman–Crippen MR) is 76.4 cm³/mol. The summed E-state index contributed by atoms with van der Waals surface area (Å²) in [5.41, 5.74) is 7.60. The predicted octanol–water partition coefficient (Wildman–Crippen LogP) is 1.20. The molecule has 5 nitrogen and oxygen atoms in total. The maximum absolute atomic E-state index is 11.9. The van der Waals surface area contributed by atoms with Gasteiger partial charge >= 0.3 is 0 Å². The molecule has 0 radical (unpaired) electrons. The number of benzene rings is 1. The van der Waals surface area contributed by atoms with E-state index in [0.29, 0.717) is 6.42 Å². The number of nitrogens with zero attached hydrogens (tertiary/aromatic N) is 1. The highest BCUT2D eigenvalue weighted by Gasteiger charge is 2.17. The summed E-state index contributed by atoms with van der Waals surface area (Å²) in [7, 11) is 0. The smallest absolute Gasteiger partial charge is 0.241 e. The Morgan fingerprint density at radius 1 is 1.42 bits per heavy atom. The van der Waals surface area contributed by atoms with Crippen LogP contribution in [-0.4, -0.2) is 38.3 Å². The average molecular weight is 263 g/mol. The zero-order valence-corrected chi connectivity index (χ0v) is 11.3. The van der Waals surface area contributed by atoms with E-state index in [0.717, 1.165) is 37.7 Å². The summed E-state index contributed by atoms with van der Waals surface area (Å²) in [5.74, 6) is -0.136. The van der Waals surface area contributed by atoms with Gasteiger partial charge in [0.15, 0.2) is 0 Å². The number of carbonyl (C=O) groups excluding carboxylic acids is 1. The second-order valence-electron chi connectivity index (χ2n) is 4.62. The van der Waals surface area contributed by atoms with Gasteiger partial charge in [-0.3, -0.25) is 4.79 Å². The minimum Gasteiger partial charge on any atom is -0.378 e. The number of carbonyl (C=O) groups is 1. The van der Waals surface area contributed by atoms with Crippen molar-refractivity contribution in [3.8, 4) is 0 Å². The first-order chi connectivity index (χ1) is 9.22. The molecule has 1 aliphatic heterocycles. The van der Waals surface area contributed by atoms with Gasteiger partial charge in [-0.1, -0.05) is 19.1 Å². The van der Waals surface area contributed by atoms with E-state index in [1.165, 1.54) is 0 Å². The number of nitrogens with two attached hydrogens (primary N) is 1. The number of rotatable bonds is 4. The van der Waals surface area contributed by atoms with Crippen molar-refractivity contribution in [2.75, 3.05) is 36.5 Å². The molecule has 19 heavy (non-hydrogen) atoms. The fourth-order valence-electron chi connectivity index (χ4n) is 2.07. The van der Waals surface area contributed by atoms with E-state index in [2.05, 4.69) is 10.2 Å². The average Bonchev–Trinajstić information content (AvgIpc) is 2.47. The molecule has 5 heteroatoms. The van der Waals surface area contributed by atoms with Crippen LogP contribution >= 0.6 is 0 Å². The lowest BCUT2D eigenvalue weighted by molar-refractivity contribution is -0.117. The van der Waals surface area contributed by atoms with E-state index < -0.39 is 6.04 Å². The quantitative estimate of drug-likeness (QED) is 0.856. The van der Waals surface area contributed by atoms with Crippen LogP contribution in [0.3, 0.4) is 0 Å². The number of morpholine rings is 1. The zero-order chi connectivity index (χ0) is 13.7. The van der Waals surface area contributed by atoms with Gasteiger partial charge in [0.1, 0.15) is 0 Å². The molecule has 104 valence electrons. The topological polar surface area (TPSA) is 67.6 Å². The van der Waals surface area contributed by atoms with Gasteiger partial charge in [0.25, 0.3) is 0 Å². The summed E-state index contributed by atoms with van der Waals surface area (Å²) in [6.45, 7) is 5.02. The van der Waals surface area contributed by atoms with Crippen molar-refractivity contribution in [3.63, 3.8) is 0 Å². The Labute approximate surface area is 113 Å². The molecule has 1 aliphatic rings. The molecule has 0 unspecified atom stereocenters. The van der Waals surface area contributed by atoms with Gasteiger partial charge in [-0.25, -0.2) is 0 Å². The Bertz CT molecular complexity index is 430. The van der Waals surface area contributed by atoms with Gasteiger partial charge in [0.05, 0.1) is 30.6 Å². The molecule has 3 N–H and O–H groups in total. The van der Waals surface area contributed by atoms with Crippen LogP contribution in [0.5, 0.6) is 0 Å². The molecule has 2 rings (SSSR count). The Balaban J connectivity index is 2.13. The van der Waals surface area contributed by atoms with E-state index in [1.807, 2.05) is 31.2 Å². The molecule has 1 heterocycles. The molecule has 1 amide bonds. The molecule has 1 aromatic rings. The summed E-state index contributed by atoms with van der Waals surface area (Å²) in [6.07, 6.45) is 0.631. The molecule has 0 spiro atoms. The van der Waals surface area contributed by atoms with Crippen LogP contribution in [0.4, 0.5) is 11.4 Å². The van der Waals surface area contributed by atoms with Crippen molar-refractivity contribution in [1.29, 1.82) is 0 Å². The number of nitrogens with one attached hydrogen (secondary N) is 1. The summed E-state index contributed by atoms with van der Waals surface area (Å²) in [5, 5.41) is 2.91. The standard InChI is InChI=1S/C14H21N3O2/c1-2-11(15)14(18)16-12-5-3-4-6-13(12)17-7-9-19-10-8-17/h3-6,11H,2,7-10,15H2,1H3,(H,16,18)/t11-/m1/s1. The van der Waals surface area contributed by atoms with Crippen molar-refractivity contribution in [2.45, 2.75) is 19.4 Å². The van der Waals surface area contributed by atoms with Crippen LogP contribution in [0.15, 0.2) is 24.3 Å². The third-order valence-corrected chi connectivity index (χ3v) is 3.29. The summed E-state index contributed by atoms with van der Waals surface area (Å²) in [6, 6.07) is 7.35. The third kappa shape index (κ3) is 3.45. The number of para-hydroxylation sites is 2. The van der Waals surface area contributed by atoms with Gasteiger partial charge in [-0.15, -0.1) is 0 Å². The minimum absolute atomic E-state index is 0.136. The lowest BCUT2D eigenvalue weighted by Gasteiger charge is -2.30. The van der Waals surface area contributed by atoms with Crippen LogP contribution in [0.2, 0.25) is 0 Å². The first kappa shape index (κ1) is 13.8. The maximum Gasteiger partial charge on any atom is 0.241 e. The van der Waals surface area contributed by atoms with Gasteiger partial charge in [-0.2, -0.15) is 0 Å². The zero-order valence-electron chi connectivity index (χ0n) is 11.3. The largest absolute Gasteiger partial charge is 0.378 e. The monoisotopic (exact) mass is 263 g/mol. The first-order valence-electron chi connectivity index (χ1n) is 6.70. The highest BCUT2D eigenvalue weighted by atomic mass is 16.5. The molecule has 1 aromatic carbocycles. The molecule has 1 saturated heterocycles. The van der Waals surface area contributed by atoms with E-state index in [1.54, 1.807) is 0 Å². The van der Waals surface area contributed by atoms with Crippen LogP contribution < -0.4 is 16.0 Å². The van der Waals surface area contributed by atoms with E-state index in [9.17, 15) is 4.79 Å². The Kier molecular flexibility index (Phi) is 4.76. The number of ether oxygens (including phenoxy) is 1. The van der Waals surface area contributed by atoms with Crippen molar-refractivity contribution < 1.29 is 9.53 Å². The van der Waals surface area contributed by atoms with Crippen LogP contribution in [0.25, 0.3) is 0 Å². The maximum atomic E-state index is 11.9. The van der Waals surface area contributed by atoms with Crippen molar-refractivity contribution in [2.24, 2.45) is 5.73 Å².